The fraction of sp³-hybridized carbons (Fsp3) is 0.312. The number of hydrogen-bond donors (Lipinski definition) is 2. The largest absolute Gasteiger partial charge is 0.369 e. The van der Waals surface area contributed by atoms with E-state index in [4.69, 9.17) is 17.3 Å². The normalized spacial score (nSPS) is 17.5. The molecular formula is C16H18ClN5O2. The van der Waals surface area contributed by atoms with Gasteiger partial charge in [-0.15, -0.1) is 0 Å². The lowest BCUT2D eigenvalue weighted by Gasteiger charge is -2.31. The number of likely N-dealkylation sites (tertiary alicyclic amines) is 1. The molecule has 1 atom stereocenters. The van der Waals surface area contributed by atoms with Crippen molar-refractivity contribution in [3.05, 3.63) is 41.7 Å². The molecule has 1 aromatic heterocycles. The molecule has 1 fully saturated rings. The summed E-state index contributed by atoms with van der Waals surface area (Å²) in [4.78, 5) is 25.5. The lowest BCUT2D eigenvalue weighted by molar-refractivity contribution is -0.123. The molecule has 3 rings (SSSR count). The molecule has 3 amide bonds. The van der Waals surface area contributed by atoms with Gasteiger partial charge in [-0.3, -0.25) is 4.79 Å². The van der Waals surface area contributed by atoms with Crippen LogP contribution >= 0.6 is 11.6 Å². The van der Waals surface area contributed by atoms with E-state index in [1.54, 1.807) is 46.2 Å². The summed E-state index contributed by atoms with van der Waals surface area (Å²) >= 11 is 6.06. The number of carbonyl (C=O) groups excluding carboxylic acids is 2. The van der Waals surface area contributed by atoms with E-state index in [0.717, 1.165) is 12.8 Å². The number of aromatic nitrogens is 2. The van der Waals surface area contributed by atoms with E-state index >= 15 is 0 Å². The van der Waals surface area contributed by atoms with Crippen LogP contribution in [0.4, 0.5) is 10.5 Å². The summed E-state index contributed by atoms with van der Waals surface area (Å²) in [6.45, 7) is 0.937. The Morgan fingerprint density at radius 2 is 2.21 bits per heavy atom. The van der Waals surface area contributed by atoms with Gasteiger partial charge in [-0.05, 0) is 37.1 Å². The highest BCUT2D eigenvalue weighted by atomic mass is 35.5. The highest BCUT2D eigenvalue weighted by molar-refractivity contribution is 6.30. The van der Waals surface area contributed by atoms with Crippen molar-refractivity contribution in [2.45, 2.75) is 12.8 Å². The minimum atomic E-state index is -0.365. The molecule has 0 unspecified atom stereocenters. The van der Waals surface area contributed by atoms with E-state index in [-0.39, 0.29) is 17.9 Å². The van der Waals surface area contributed by atoms with Gasteiger partial charge in [0.1, 0.15) is 0 Å². The predicted molar refractivity (Wildman–Crippen MR) is 91.1 cm³/mol. The monoisotopic (exact) mass is 347 g/mol. The zero-order valence-electron chi connectivity index (χ0n) is 13.0. The van der Waals surface area contributed by atoms with E-state index in [1.165, 1.54) is 0 Å². The lowest BCUT2D eigenvalue weighted by Crippen LogP contribution is -2.45. The van der Waals surface area contributed by atoms with Crippen molar-refractivity contribution in [3.8, 4) is 5.69 Å². The van der Waals surface area contributed by atoms with Gasteiger partial charge >= 0.3 is 6.03 Å². The van der Waals surface area contributed by atoms with Crippen molar-refractivity contribution in [3.63, 3.8) is 0 Å². The Kier molecular flexibility index (Phi) is 4.71. The number of hydrogen-bond acceptors (Lipinski definition) is 3. The summed E-state index contributed by atoms with van der Waals surface area (Å²) in [6, 6.07) is 6.68. The van der Waals surface area contributed by atoms with Crippen molar-refractivity contribution in [2.24, 2.45) is 11.7 Å². The topological polar surface area (TPSA) is 93.3 Å². The smallest absolute Gasteiger partial charge is 0.321 e. The third kappa shape index (κ3) is 3.51. The van der Waals surface area contributed by atoms with Crippen molar-refractivity contribution < 1.29 is 9.59 Å². The van der Waals surface area contributed by atoms with Gasteiger partial charge in [0.2, 0.25) is 5.91 Å². The summed E-state index contributed by atoms with van der Waals surface area (Å²) in [5, 5.41) is 7.59. The first-order valence-electron chi connectivity index (χ1n) is 7.69. The molecule has 126 valence electrons. The van der Waals surface area contributed by atoms with Gasteiger partial charge < -0.3 is 16.0 Å². The van der Waals surface area contributed by atoms with Gasteiger partial charge in [0.25, 0.3) is 0 Å². The number of anilines is 1. The molecule has 7 nitrogen and oxygen atoms in total. The number of nitrogens with two attached hydrogens (primary N) is 1. The number of halogens is 1. The van der Waals surface area contributed by atoms with E-state index in [1.807, 2.05) is 0 Å². The summed E-state index contributed by atoms with van der Waals surface area (Å²) < 4.78 is 1.63. The Labute approximate surface area is 144 Å². The van der Waals surface area contributed by atoms with Crippen LogP contribution in [0.1, 0.15) is 12.8 Å². The van der Waals surface area contributed by atoms with Crippen LogP contribution in [0, 0.1) is 5.92 Å². The van der Waals surface area contributed by atoms with Gasteiger partial charge in [0, 0.05) is 30.5 Å². The highest BCUT2D eigenvalue weighted by Gasteiger charge is 2.27. The van der Waals surface area contributed by atoms with E-state index < -0.39 is 0 Å². The fourth-order valence-corrected chi connectivity index (χ4v) is 2.97. The molecule has 2 heterocycles. The molecular weight excluding hydrogens is 330 g/mol. The van der Waals surface area contributed by atoms with Crippen molar-refractivity contribution in [1.82, 2.24) is 14.7 Å². The molecule has 24 heavy (non-hydrogen) atoms. The summed E-state index contributed by atoms with van der Waals surface area (Å²) in [5.74, 6) is -0.656. The summed E-state index contributed by atoms with van der Waals surface area (Å²) in [5.41, 5.74) is 6.63. The van der Waals surface area contributed by atoms with Crippen LogP contribution in [0.5, 0.6) is 0 Å². The van der Waals surface area contributed by atoms with Crippen LogP contribution in [0.2, 0.25) is 5.02 Å². The quantitative estimate of drug-likeness (QED) is 0.891. The van der Waals surface area contributed by atoms with Crippen LogP contribution in [0.25, 0.3) is 5.69 Å². The number of urea groups is 1. The Morgan fingerprint density at radius 3 is 2.92 bits per heavy atom. The van der Waals surface area contributed by atoms with Crippen LogP contribution in [-0.4, -0.2) is 39.7 Å². The average molecular weight is 348 g/mol. The number of carbonyl (C=O) groups is 2. The van der Waals surface area contributed by atoms with Crippen LogP contribution in [0.3, 0.4) is 0 Å². The Balaban J connectivity index is 1.78. The van der Waals surface area contributed by atoms with Crippen molar-refractivity contribution in [1.29, 1.82) is 0 Å². The molecule has 0 spiro atoms. The molecule has 3 N–H and O–H groups in total. The first kappa shape index (κ1) is 16.3. The number of primary amides is 1. The maximum absolute atomic E-state index is 12.5. The first-order chi connectivity index (χ1) is 11.5. The van der Waals surface area contributed by atoms with Gasteiger partial charge in [-0.1, -0.05) is 11.6 Å². The molecule has 8 heteroatoms. The second-order valence-corrected chi connectivity index (χ2v) is 6.17. The van der Waals surface area contributed by atoms with Crippen molar-refractivity contribution >= 4 is 29.2 Å². The molecule has 0 aliphatic carbocycles. The third-order valence-corrected chi connectivity index (χ3v) is 4.30. The van der Waals surface area contributed by atoms with Crippen LogP contribution < -0.4 is 11.1 Å². The zero-order valence-corrected chi connectivity index (χ0v) is 13.7. The number of nitrogens with one attached hydrogen (secondary N) is 1. The highest BCUT2D eigenvalue weighted by Crippen LogP contribution is 2.25. The second-order valence-electron chi connectivity index (χ2n) is 5.73. The van der Waals surface area contributed by atoms with Crippen LogP contribution in [0.15, 0.2) is 36.7 Å². The lowest BCUT2D eigenvalue weighted by atomic mass is 9.98. The average Bonchev–Trinajstić information content (AvgIpc) is 3.11. The predicted octanol–water partition coefficient (Wildman–Crippen LogP) is 2.25. The molecule has 0 radical (unpaired) electrons. The van der Waals surface area contributed by atoms with Gasteiger partial charge in [-0.2, -0.15) is 5.10 Å². The van der Waals surface area contributed by atoms with E-state index in [9.17, 15) is 9.59 Å². The number of rotatable bonds is 3. The summed E-state index contributed by atoms with van der Waals surface area (Å²) in [7, 11) is 0. The fourth-order valence-electron chi connectivity index (χ4n) is 2.80. The number of amides is 3. The number of piperidine rings is 1. The van der Waals surface area contributed by atoms with Crippen molar-refractivity contribution in [2.75, 3.05) is 18.4 Å². The van der Waals surface area contributed by atoms with Gasteiger partial charge in [-0.25, -0.2) is 9.48 Å². The summed E-state index contributed by atoms with van der Waals surface area (Å²) in [6.07, 6.45) is 4.90. The number of benzene rings is 1. The first-order valence-corrected chi connectivity index (χ1v) is 8.07. The second kappa shape index (κ2) is 6.92. The molecule has 1 saturated heterocycles. The van der Waals surface area contributed by atoms with Crippen LogP contribution in [-0.2, 0) is 4.79 Å². The molecule has 1 aromatic carbocycles. The Hall–Kier alpha value is -2.54. The SMILES string of the molecule is NC(=O)[C@H]1CCCN(C(=O)Nc2ccc(Cl)cc2-n2cccn2)C1. The molecule has 2 aromatic rings. The zero-order chi connectivity index (χ0) is 17.1. The third-order valence-electron chi connectivity index (χ3n) is 4.06. The molecule has 1 aliphatic heterocycles. The molecule has 0 saturated carbocycles. The standard InChI is InChI=1S/C16H18ClN5O2/c17-12-4-5-13(14(9-12)22-8-2-6-19-22)20-16(24)21-7-1-3-11(10-21)15(18)23/h2,4-6,8-9,11H,1,3,7,10H2,(H2,18,23)(H,20,24)/t11-/m0/s1. The minimum absolute atomic E-state index is 0.267. The van der Waals surface area contributed by atoms with E-state index in [2.05, 4.69) is 10.4 Å². The molecule has 0 bridgehead atoms. The van der Waals surface area contributed by atoms with Gasteiger partial charge in [0.05, 0.1) is 17.3 Å². The Morgan fingerprint density at radius 1 is 1.38 bits per heavy atom. The maximum Gasteiger partial charge on any atom is 0.321 e. The van der Waals surface area contributed by atoms with Gasteiger partial charge in [0.15, 0.2) is 0 Å². The number of nitrogens with zero attached hydrogens (tertiary/aromatic N) is 3. The maximum atomic E-state index is 12.5. The Bertz CT molecular complexity index is 747. The minimum Gasteiger partial charge on any atom is -0.369 e. The van der Waals surface area contributed by atoms with E-state index in [0.29, 0.717) is 29.5 Å². The molecule has 1 aliphatic rings.